The Morgan fingerprint density at radius 2 is 2.19 bits per heavy atom. The molecule has 1 saturated heterocycles. The van der Waals surface area contributed by atoms with E-state index in [2.05, 4.69) is 29.7 Å². The van der Waals surface area contributed by atoms with Crippen molar-refractivity contribution in [2.24, 2.45) is 0 Å². The zero-order valence-electron chi connectivity index (χ0n) is 13.0. The van der Waals surface area contributed by atoms with Crippen LogP contribution < -0.4 is 10.6 Å². The summed E-state index contributed by atoms with van der Waals surface area (Å²) < 4.78 is 0. The van der Waals surface area contributed by atoms with Gasteiger partial charge in [0.25, 0.3) is 0 Å². The van der Waals surface area contributed by atoms with Crippen molar-refractivity contribution in [1.82, 2.24) is 10.6 Å². The predicted molar refractivity (Wildman–Crippen MR) is 85.2 cm³/mol. The average Bonchev–Trinajstić information content (AvgIpc) is 2.45. The molecule has 1 atom stereocenters. The van der Waals surface area contributed by atoms with Gasteiger partial charge in [0.15, 0.2) is 0 Å². The third-order valence-electron chi connectivity index (χ3n) is 5.19. The average molecular weight is 286 g/mol. The molecule has 1 heterocycles. The molecular formula is C18H26N2O. The normalized spacial score (nSPS) is 23.6. The molecule has 2 fully saturated rings. The van der Waals surface area contributed by atoms with Gasteiger partial charge >= 0.3 is 0 Å². The molecular weight excluding hydrogens is 260 g/mol. The fraction of sp³-hybridized carbons (Fsp3) is 0.611. The number of nitrogens with one attached hydrogen (secondary N) is 2. The number of amides is 1. The summed E-state index contributed by atoms with van der Waals surface area (Å²) >= 11 is 0. The van der Waals surface area contributed by atoms with E-state index in [4.69, 9.17) is 0 Å². The van der Waals surface area contributed by atoms with Gasteiger partial charge in [-0.25, -0.2) is 0 Å². The van der Waals surface area contributed by atoms with Crippen LogP contribution in [0.25, 0.3) is 0 Å². The lowest BCUT2D eigenvalue weighted by atomic mass is 9.70. The first-order valence-electron chi connectivity index (χ1n) is 8.26. The number of carbonyl (C=O) groups excluding carboxylic acids is 1. The molecule has 1 aromatic rings. The van der Waals surface area contributed by atoms with Crippen molar-refractivity contribution in [2.45, 2.75) is 63.5 Å². The largest absolute Gasteiger partial charge is 0.353 e. The monoisotopic (exact) mass is 286 g/mol. The van der Waals surface area contributed by atoms with Gasteiger partial charge < -0.3 is 10.6 Å². The molecule has 1 saturated carbocycles. The minimum absolute atomic E-state index is 0.208. The summed E-state index contributed by atoms with van der Waals surface area (Å²) in [6, 6.07) is 8.70. The van der Waals surface area contributed by atoms with Crippen LogP contribution >= 0.6 is 0 Å². The lowest BCUT2D eigenvalue weighted by Gasteiger charge is -2.48. The van der Waals surface area contributed by atoms with E-state index >= 15 is 0 Å². The van der Waals surface area contributed by atoms with Crippen LogP contribution in [-0.4, -0.2) is 24.0 Å². The van der Waals surface area contributed by atoms with E-state index in [1.54, 1.807) is 0 Å². The highest BCUT2D eigenvalue weighted by Gasteiger charge is 2.41. The minimum Gasteiger partial charge on any atom is -0.353 e. The molecule has 3 nitrogen and oxygen atoms in total. The summed E-state index contributed by atoms with van der Waals surface area (Å²) in [5.74, 6) is 0.208. The molecule has 1 aliphatic carbocycles. The second kappa shape index (κ2) is 6.18. The molecule has 0 bridgehead atoms. The third kappa shape index (κ3) is 3.46. The zero-order valence-corrected chi connectivity index (χ0v) is 13.0. The SMILES string of the molecule is Cc1ccccc1CCC(=O)NC1CCNC2(CCC2)C1. The molecule has 3 rings (SSSR count). The van der Waals surface area contributed by atoms with Gasteiger partial charge in [-0.1, -0.05) is 24.3 Å². The molecule has 0 radical (unpaired) electrons. The molecule has 1 aliphatic heterocycles. The van der Waals surface area contributed by atoms with Crippen molar-refractivity contribution in [3.05, 3.63) is 35.4 Å². The number of carbonyl (C=O) groups is 1. The molecule has 1 unspecified atom stereocenters. The molecule has 1 spiro atoms. The van der Waals surface area contributed by atoms with Crippen LogP contribution in [-0.2, 0) is 11.2 Å². The molecule has 114 valence electrons. The second-order valence-electron chi connectivity index (χ2n) is 6.74. The molecule has 21 heavy (non-hydrogen) atoms. The van der Waals surface area contributed by atoms with Crippen LogP contribution in [0.3, 0.4) is 0 Å². The fourth-order valence-electron chi connectivity index (χ4n) is 3.70. The van der Waals surface area contributed by atoms with E-state index in [-0.39, 0.29) is 5.91 Å². The maximum atomic E-state index is 12.2. The van der Waals surface area contributed by atoms with Crippen LogP contribution in [0.2, 0.25) is 0 Å². The molecule has 1 amide bonds. The first-order valence-corrected chi connectivity index (χ1v) is 8.26. The zero-order chi connectivity index (χ0) is 14.7. The first kappa shape index (κ1) is 14.6. The van der Waals surface area contributed by atoms with Crippen molar-refractivity contribution >= 4 is 5.91 Å². The van der Waals surface area contributed by atoms with E-state index in [0.717, 1.165) is 25.8 Å². The Morgan fingerprint density at radius 1 is 1.38 bits per heavy atom. The minimum atomic E-state index is 0.208. The second-order valence-corrected chi connectivity index (χ2v) is 6.74. The highest BCUT2D eigenvalue weighted by molar-refractivity contribution is 5.76. The number of aryl methyl sites for hydroxylation is 2. The third-order valence-corrected chi connectivity index (χ3v) is 5.19. The number of benzene rings is 1. The van der Waals surface area contributed by atoms with Crippen molar-refractivity contribution in [3.8, 4) is 0 Å². The summed E-state index contributed by atoms with van der Waals surface area (Å²) in [6.07, 6.45) is 7.52. The maximum Gasteiger partial charge on any atom is 0.220 e. The van der Waals surface area contributed by atoms with Gasteiger partial charge in [-0.15, -0.1) is 0 Å². The fourth-order valence-corrected chi connectivity index (χ4v) is 3.70. The van der Waals surface area contributed by atoms with Gasteiger partial charge in [0.2, 0.25) is 5.91 Å². The van der Waals surface area contributed by atoms with Crippen LogP contribution in [0.15, 0.2) is 24.3 Å². The Hall–Kier alpha value is -1.35. The van der Waals surface area contributed by atoms with E-state index in [0.29, 0.717) is 18.0 Å². The highest BCUT2D eigenvalue weighted by Crippen LogP contribution is 2.38. The van der Waals surface area contributed by atoms with Gasteiger partial charge in [0.05, 0.1) is 0 Å². The Morgan fingerprint density at radius 3 is 2.90 bits per heavy atom. The molecule has 0 aromatic heterocycles. The number of piperidine rings is 1. The van der Waals surface area contributed by atoms with E-state index < -0.39 is 0 Å². The van der Waals surface area contributed by atoms with Gasteiger partial charge in [-0.3, -0.25) is 4.79 Å². The van der Waals surface area contributed by atoms with Crippen LogP contribution in [0, 0.1) is 6.92 Å². The van der Waals surface area contributed by atoms with Crippen LogP contribution in [0.5, 0.6) is 0 Å². The Kier molecular flexibility index (Phi) is 4.29. The topological polar surface area (TPSA) is 41.1 Å². The van der Waals surface area contributed by atoms with Crippen LogP contribution in [0.4, 0.5) is 0 Å². The van der Waals surface area contributed by atoms with Gasteiger partial charge in [-0.2, -0.15) is 0 Å². The van der Waals surface area contributed by atoms with Crippen molar-refractivity contribution in [2.75, 3.05) is 6.54 Å². The maximum absolute atomic E-state index is 12.2. The van der Waals surface area contributed by atoms with E-state index in [9.17, 15) is 4.79 Å². The quantitative estimate of drug-likeness (QED) is 0.893. The lowest BCUT2D eigenvalue weighted by Crippen LogP contribution is -2.59. The predicted octanol–water partition coefficient (Wildman–Crippen LogP) is 2.72. The molecule has 2 N–H and O–H groups in total. The number of hydrogen-bond acceptors (Lipinski definition) is 2. The molecule has 3 heteroatoms. The summed E-state index contributed by atoms with van der Waals surface area (Å²) in [6.45, 7) is 3.16. The Balaban J connectivity index is 1.47. The summed E-state index contributed by atoms with van der Waals surface area (Å²) in [4.78, 5) is 12.2. The van der Waals surface area contributed by atoms with Crippen molar-refractivity contribution < 1.29 is 4.79 Å². The van der Waals surface area contributed by atoms with Gasteiger partial charge in [0.1, 0.15) is 0 Å². The van der Waals surface area contributed by atoms with E-state index in [1.807, 2.05) is 12.1 Å². The Labute approximate surface area is 127 Å². The van der Waals surface area contributed by atoms with Gasteiger partial charge in [0, 0.05) is 18.0 Å². The van der Waals surface area contributed by atoms with Crippen LogP contribution in [0.1, 0.15) is 49.7 Å². The summed E-state index contributed by atoms with van der Waals surface area (Å²) in [7, 11) is 0. The highest BCUT2D eigenvalue weighted by atomic mass is 16.1. The van der Waals surface area contributed by atoms with Gasteiger partial charge in [-0.05, 0) is 63.1 Å². The number of rotatable bonds is 4. The van der Waals surface area contributed by atoms with E-state index in [1.165, 1.54) is 30.4 Å². The summed E-state index contributed by atoms with van der Waals surface area (Å²) in [5.41, 5.74) is 2.92. The number of hydrogen-bond donors (Lipinski definition) is 2. The first-order chi connectivity index (χ1) is 10.2. The molecule has 2 aliphatic rings. The summed E-state index contributed by atoms with van der Waals surface area (Å²) in [5, 5.41) is 6.90. The standard InChI is InChI=1S/C18H26N2O/c1-14-5-2-3-6-15(14)7-8-17(21)20-16-9-12-19-18(13-16)10-4-11-18/h2-3,5-6,16,19H,4,7-13H2,1H3,(H,20,21). The lowest BCUT2D eigenvalue weighted by molar-refractivity contribution is -0.122. The smallest absolute Gasteiger partial charge is 0.220 e. The molecule has 1 aromatic carbocycles. The Bertz CT molecular complexity index is 508. The van der Waals surface area contributed by atoms with Crippen molar-refractivity contribution in [3.63, 3.8) is 0 Å². The van der Waals surface area contributed by atoms with Crippen molar-refractivity contribution in [1.29, 1.82) is 0 Å².